The lowest BCUT2D eigenvalue weighted by molar-refractivity contribution is 0.590. The molecule has 25 heavy (non-hydrogen) atoms. The van der Waals surface area contributed by atoms with Crippen molar-refractivity contribution >= 4 is 15.7 Å². The van der Waals surface area contributed by atoms with E-state index in [0.717, 1.165) is 28.6 Å². The van der Waals surface area contributed by atoms with E-state index in [2.05, 4.69) is 20.6 Å². The van der Waals surface area contributed by atoms with Crippen LogP contribution in [0.5, 0.6) is 0 Å². The third-order valence-corrected chi connectivity index (χ3v) is 5.39. The van der Waals surface area contributed by atoms with E-state index >= 15 is 0 Å². The molecule has 0 saturated heterocycles. The van der Waals surface area contributed by atoms with Gasteiger partial charge in [-0.2, -0.15) is 5.21 Å². The SMILES string of the molecule is CCN(c1cccc(F)c1)S(=O)(=O)c1ccc(F)c(-c2nn[nH]n2)c1. The largest absolute Gasteiger partial charge is 0.267 e. The molecule has 3 rings (SSSR count). The number of aromatic nitrogens is 4. The van der Waals surface area contributed by atoms with Crippen LogP contribution in [0.3, 0.4) is 0 Å². The number of aromatic amines is 1. The maximum absolute atomic E-state index is 14.0. The van der Waals surface area contributed by atoms with Crippen LogP contribution in [0.15, 0.2) is 47.4 Å². The molecule has 0 saturated carbocycles. The minimum absolute atomic E-state index is 0.0663. The summed E-state index contributed by atoms with van der Waals surface area (Å²) in [4.78, 5) is -0.167. The lowest BCUT2D eigenvalue weighted by atomic mass is 10.2. The van der Waals surface area contributed by atoms with Gasteiger partial charge in [-0.25, -0.2) is 17.2 Å². The average Bonchev–Trinajstić information content (AvgIpc) is 3.10. The number of benzene rings is 2. The number of H-pyrrole nitrogens is 1. The lowest BCUT2D eigenvalue weighted by Gasteiger charge is -2.23. The van der Waals surface area contributed by atoms with Gasteiger partial charge in [-0.1, -0.05) is 6.07 Å². The minimum Gasteiger partial charge on any atom is -0.267 e. The molecule has 0 bridgehead atoms. The molecule has 0 aliphatic heterocycles. The Hall–Kier alpha value is -2.88. The first-order chi connectivity index (χ1) is 11.9. The number of sulfonamides is 1. The lowest BCUT2D eigenvalue weighted by Crippen LogP contribution is -2.30. The fraction of sp³-hybridized carbons (Fsp3) is 0.133. The van der Waals surface area contributed by atoms with Crippen LogP contribution in [0.25, 0.3) is 11.4 Å². The van der Waals surface area contributed by atoms with Crippen molar-refractivity contribution in [2.24, 2.45) is 0 Å². The number of rotatable bonds is 5. The molecule has 130 valence electrons. The van der Waals surface area contributed by atoms with Gasteiger partial charge in [0.2, 0.25) is 5.82 Å². The molecule has 0 aliphatic carbocycles. The van der Waals surface area contributed by atoms with Gasteiger partial charge < -0.3 is 0 Å². The van der Waals surface area contributed by atoms with Crippen molar-refractivity contribution in [1.29, 1.82) is 0 Å². The predicted molar refractivity (Wildman–Crippen MR) is 86.2 cm³/mol. The summed E-state index contributed by atoms with van der Waals surface area (Å²) in [6.45, 7) is 1.69. The highest BCUT2D eigenvalue weighted by Gasteiger charge is 2.25. The van der Waals surface area contributed by atoms with Crippen molar-refractivity contribution < 1.29 is 17.2 Å². The summed E-state index contributed by atoms with van der Waals surface area (Å²) >= 11 is 0. The second kappa shape index (κ2) is 6.55. The third-order valence-electron chi connectivity index (χ3n) is 3.50. The fourth-order valence-corrected chi connectivity index (χ4v) is 3.85. The quantitative estimate of drug-likeness (QED) is 0.749. The Morgan fingerprint density at radius 3 is 2.60 bits per heavy atom. The summed E-state index contributed by atoms with van der Waals surface area (Å²) in [6.07, 6.45) is 0. The number of halogens is 2. The number of tetrazole rings is 1. The zero-order valence-corrected chi connectivity index (χ0v) is 13.8. The molecule has 0 unspecified atom stereocenters. The number of nitrogens with zero attached hydrogens (tertiary/aromatic N) is 4. The summed E-state index contributed by atoms with van der Waals surface area (Å²) in [5, 5.41) is 12.8. The van der Waals surface area contributed by atoms with E-state index in [1.54, 1.807) is 6.92 Å². The fourth-order valence-electron chi connectivity index (χ4n) is 2.36. The van der Waals surface area contributed by atoms with Crippen LogP contribution in [0.4, 0.5) is 14.5 Å². The Morgan fingerprint density at radius 2 is 1.96 bits per heavy atom. The monoisotopic (exact) mass is 365 g/mol. The van der Waals surface area contributed by atoms with Crippen molar-refractivity contribution in [1.82, 2.24) is 20.6 Å². The Morgan fingerprint density at radius 1 is 1.16 bits per heavy atom. The van der Waals surface area contributed by atoms with Crippen LogP contribution >= 0.6 is 0 Å². The number of anilines is 1. The van der Waals surface area contributed by atoms with Crippen LogP contribution in [-0.2, 0) is 10.0 Å². The van der Waals surface area contributed by atoms with E-state index in [1.165, 1.54) is 18.2 Å². The second-order valence-electron chi connectivity index (χ2n) is 5.03. The average molecular weight is 365 g/mol. The Bertz CT molecular complexity index is 993. The Kier molecular flexibility index (Phi) is 4.45. The summed E-state index contributed by atoms with van der Waals surface area (Å²) in [7, 11) is -4.04. The molecule has 0 aliphatic rings. The topological polar surface area (TPSA) is 91.8 Å². The van der Waals surface area contributed by atoms with E-state index in [4.69, 9.17) is 0 Å². The van der Waals surface area contributed by atoms with E-state index in [1.807, 2.05) is 0 Å². The molecule has 0 spiro atoms. The van der Waals surface area contributed by atoms with Crippen LogP contribution in [0, 0.1) is 11.6 Å². The highest BCUT2D eigenvalue weighted by molar-refractivity contribution is 7.92. The molecule has 1 heterocycles. The van der Waals surface area contributed by atoms with Gasteiger partial charge in [0.05, 0.1) is 16.1 Å². The van der Waals surface area contributed by atoms with Gasteiger partial charge in [-0.3, -0.25) is 4.31 Å². The molecular weight excluding hydrogens is 352 g/mol. The van der Waals surface area contributed by atoms with Gasteiger partial charge in [0.1, 0.15) is 11.6 Å². The first-order valence-electron chi connectivity index (χ1n) is 7.25. The standard InChI is InChI=1S/C15H13F2N5O2S/c1-2-22(11-5-3-4-10(16)8-11)25(23,24)12-6-7-14(17)13(9-12)15-18-20-21-19-15/h3-9H,2H2,1H3,(H,18,19,20,21). The first kappa shape index (κ1) is 17.0. The van der Waals surface area contributed by atoms with Crippen LogP contribution in [0.1, 0.15) is 6.92 Å². The van der Waals surface area contributed by atoms with Crippen molar-refractivity contribution in [3.63, 3.8) is 0 Å². The smallest absolute Gasteiger partial charge is 0.264 e. The summed E-state index contributed by atoms with van der Waals surface area (Å²) in [5.74, 6) is -1.31. The highest BCUT2D eigenvalue weighted by atomic mass is 32.2. The molecule has 7 nitrogen and oxygen atoms in total. The van der Waals surface area contributed by atoms with Crippen LogP contribution < -0.4 is 4.31 Å². The van der Waals surface area contributed by atoms with Crippen LogP contribution in [-0.4, -0.2) is 35.6 Å². The van der Waals surface area contributed by atoms with Gasteiger partial charge in [0.25, 0.3) is 10.0 Å². The molecule has 3 aromatic rings. The number of hydrogen-bond donors (Lipinski definition) is 1. The third kappa shape index (κ3) is 3.20. The number of nitrogens with one attached hydrogen (secondary N) is 1. The van der Waals surface area contributed by atoms with Gasteiger partial charge in [0.15, 0.2) is 0 Å². The predicted octanol–water partition coefficient (Wildman–Crippen LogP) is 2.36. The van der Waals surface area contributed by atoms with E-state index in [-0.39, 0.29) is 28.5 Å². The van der Waals surface area contributed by atoms with Gasteiger partial charge in [-0.15, -0.1) is 10.2 Å². The zero-order chi connectivity index (χ0) is 18.0. The van der Waals surface area contributed by atoms with E-state index < -0.39 is 21.7 Å². The molecule has 1 N–H and O–H groups in total. The molecule has 0 radical (unpaired) electrons. The Labute approximate surface area is 142 Å². The molecule has 0 atom stereocenters. The number of hydrogen-bond acceptors (Lipinski definition) is 5. The minimum atomic E-state index is -4.04. The van der Waals surface area contributed by atoms with Gasteiger partial charge in [-0.05, 0) is 48.5 Å². The summed E-state index contributed by atoms with van der Waals surface area (Å²) in [6, 6.07) is 8.50. The summed E-state index contributed by atoms with van der Waals surface area (Å²) < 4.78 is 54.3. The van der Waals surface area contributed by atoms with Crippen molar-refractivity contribution in [3.05, 3.63) is 54.1 Å². The van der Waals surface area contributed by atoms with Crippen molar-refractivity contribution in [2.75, 3.05) is 10.8 Å². The van der Waals surface area contributed by atoms with Gasteiger partial charge in [0, 0.05) is 6.54 Å². The molecular formula is C15H13F2N5O2S. The van der Waals surface area contributed by atoms with E-state index in [9.17, 15) is 17.2 Å². The summed E-state index contributed by atoms with van der Waals surface area (Å²) in [5.41, 5.74) is 0.0676. The normalized spacial score (nSPS) is 11.5. The zero-order valence-electron chi connectivity index (χ0n) is 13.0. The molecule has 0 fully saturated rings. The van der Waals surface area contributed by atoms with Crippen molar-refractivity contribution in [2.45, 2.75) is 11.8 Å². The molecule has 2 aromatic carbocycles. The maximum atomic E-state index is 14.0. The van der Waals surface area contributed by atoms with E-state index in [0.29, 0.717) is 0 Å². The van der Waals surface area contributed by atoms with Gasteiger partial charge >= 0.3 is 0 Å². The van der Waals surface area contributed by atoms with Crippen molar-refractivity contribution in [3.8, 4) is 11.4 Å². The second-order valence-corrected chi connectivity index (χ2v) is 6.89. The molecule has 10 heteroatoms. The highest BCUT2D eigenvalue weighted by Crippen LogP contribution is 2.27. The molecule has 0 amide bonds. The first-order valence-corrected chi connectivity index (χ1v) is 8.69. The molecule has 1 aromatic heterocycles. The maximum Gasteiger partial charge on any atom is 0.264 e. The van der Waals surface area contributed by atoms with Crippen LogP contribution in [0.2, 0.25) is 0 Å². The Balaban J connectivity index is 2.09.